The molecule has 0 saturated heterocycles. The van der Waals surface area contributed by atoms with Crippen molar-refractivity contribution in [1.29, 1.82) is 0 Å². The predicted octanol–water partition coefficient (Wildman–Crippen LogP) is 1.98. The summed E-state index contributed by atoms with van der Waals surface area (Å²) in [5.74, 6) is 0.458. The van der Waals surface area contributed by atoms with Gasteiger partial charge in [-0.2, -0.15) is 4.99 Å². The van der Waals surface area contributed by atoms with Gasteiger partial charge in [-0.25, -0.2) is 13.6 Å². The molecule has 0 unspecified atom stereocenters. The summed E-state index contributed by atoms with van der Waals surface area (Å²) in [7, 11) is -0.637. The van der Waals surface area contributed by atoms with Crippen molar-refractivity contribution in [3.05, 3.63) is 52.3 Å². The molecule has 0 spiro atoms. The molecule has 30 heavy (non-hydrogen) atoms. The molecule has 10 heteroatoms. The fourth-order valence-corrected chi connectivity index (χ4v) is 4.81. The van der Waals surface area contributed by atoms with Gasteiger partial charge in [-0.05, 0) is 42.3 Å². The minimum absolute atomic E-state index is 0.0155. The number of hydrogen-bond donors (Lipinski definition) is 1. The number of carbonyl (C=O) groups is 1. The molecule has 0 fully saturated rings. The van der Waals surface area contributed by atoms with Crippen molar-refractivity contribution < 1.29 is 22.7 Å². The van der Waals surface area contributed by atoms with Crippen LogP contribution in [-0.2, 0) is 32.5 Å². The van der Waals surface area contributed by atoms with Crippen LogP contribution in [-0.4, -0.2) is 39.7 Å². The van der Waals surface area contributed by atoms with E-state index < -0.39 is 10.0 Å². The van der Waals surface area contributed by atoms with Crippen LogP contribution in [0.5, 0.6) is 5.75 Å². The number of methoxy groups -OCH3 is 2. The summed E-state index contributed by atoms with van der Waals surface area (Å²) in [4.78, 5) is 17.4. The van der Waals surface area contributed by atoms with Gasteiger partial charge in [0, 0.05) is 13.7 Å². The highest BCUT2D eigenvalue weighted by Gasteiger charge is 2.13. The van der Waals surface area contributed by atoms with Gasteiger partial charge in [-0.3, -0.25) is 4.79 Å². The van der Waals surface area contributed by atoms with Crippen LogP contribution >= 0.6 is 11.3 Å². The first-order valence-corrected chi connectivity index (χ1v) is 11.5. The molecule has 1 aromatic heterocycles. The average Bonchev–Trinajstić information content (AvgIpc) is 3.01. The van der Waals surface area contributed by atoms with Gasteiger partial charge in [0.25, 0.3) is 5.91 Å². The van der Waals surface area contributed by atoms with Crippen molar-refractivity contribution in [1.82, 2.24) is 4.57 Å². The van der Waals surface area contributed by atoms with Crippen molar-refractivity contribution in [3.63, 3.8) is 0 Å². The van der Waals surface area contributed by atoms with Gasteiger partial charge < -0.3 is 14.0 Å². The van der Waals surface area contributed by atoms with E-state index in [1.165, 1.54) is 23.5 Å². The number of ether oxygens (including phenoxy) is 2. The van der Waals surface area contributed by atoms with E-state index in [1.54, 1.807) is 20.3 Å². The van der Waals surface area contributed by atoms with Crippen LogP contribution in [0.1, 0.15) is 11.1 Å². The number of carbonyl (C=O) groups excluding carboxylic acids is 1. The molecule has 0 atom stereocenters. The molecule has 8 nitrogen and oxygen atoms in total. The monoisotopic (exact) mass is 449 g/mol. The molecule has 160 valence electrons. The van der Waals surface area contributed by atoms with Gasteiger partial charge in [-0.15, -0.1) is 0 Å². The third-order valence-corrected chi connectivity index (χ3v) is 6.49. The third-order valence-electron chi connectivity index (χ3n) is 4.54. The molecule has 0 aliphatic rings. The minimum atomic E-state index is -3.82. The van der Waals surface area contributed by atoms with Crippen LogP contribution in [0.4, 0.5) is 0 Å². The number of rotatable bonds is 7. The molecule has 3 rings (SSSR count). The Morgan fingerprint density at radius 1 is 1.20 bits per heavy atom. The lowest BCUT2D eigenvalue weighted by molar-refractivity contribution is -0.117. The molecule has 2 N–H and O–H groups in total. The SMILES string of the molecule is COCCn1c(=NC(=O)Cc2ccc(OC)c(C)c2)sc2cc(S(N)(=O)=O)ccc21. The van der Waals surface area contributed by atoms with Crippen molar-refractivity contribution in [3.8, 4) is 5.75 Å². The smallest absolute Gasteiger partial charge is 0.252 e. The predicted molar refractivity (Wildman–Crippen MR) is 115 cm³/mol. The van der Waals surface area contributed by atoms with E-state index in [0.29, 0.717) is 22.7 Å². The Morgan fingerprint density at radius 2 is 1.97 bits per heavy atom. The van der Waals surface area contributed by atoms with Gasteiger partial charge in [0.05, 0.1) is 35.2 Å². The maximum atomic E-state index is 12.6. The maximum absolute atomic E-state index is 12.6. The fraction of sp³-hybridized carbons (Fsp3) is 0.300. The summed E-state index contributed by atoms with van der Waals surface area (Å²) in [6.07, 6.45) is 0.145. The zero-order valence-electron chi connectivity index (χ0n) is 16.9. The molecule has 0 aliphatic heterocycles. The van der Waals surface area contributed by atoms with Crippen LogP contribution < -0.4 is 14.7 Å². The molecule has 0 bridgehead atoms. The largest absolute Gasteiger partial charge is 0.496 e. The zero-order chi connectivity index (χ0) is 21.9. The maximum Gasteiger partial charge on any atom is 0.252 e. The molecule has 2 aromatic carbocycles. The highest BCUT2D eigenvalue weighted by atomic mass is 32.2. The standard InChI is InChI=1S/C20H23N3O5S2/c1-13-10-14(4-7-17(13)28-3)11-19(24)22-20-23(8-9-27-2)16-6-5-15(30(21,25)26)12-18(16)29-20/h4-7,10,12H,8-9,11H2,1-3H3,(H2,21,25,26). The van der Waals surface area contributed by atoms with E-state index in [9.17, 15) is 13.2 Å². The van der Waals surface area contributed by atoms with Gasteiger partial charge in [0.15, 0.2) is 4.80 Å². The molecule has 1 heterocycles. The Morgan fingerprint density at radius 3 is 2.60 bits per heavy atom. The van der Waals surface area contributed by atoms with E-state index in [0.717, 1.165) is 22.4 Å². The number of nitrogens with zero attached hydrogens (tertiary/aromatic N) is 2. The average molecular weight is 450 g/mol. The number of nitrogens with two attached hydrogens (primary N) is 1. The summed E-state index contributed by atoms with van der Waals surface area (Å²) < 4.78 is 36.2. The minimum Gasteiger partial charge on any atom is -0.496 e. The lowest BCUT2D eigenvalue weighted by Crippen LogP contribution is -2.19. The van der Waals surface area contributed by atoms with E-state index in [2.05, 4.69) is 4.99 Å². The lowest BCUT2D eigenvalue weighted by Gasteiger charge is -2.06. The number of amides is 1. The second-order valence-corrected chi connectivity index (χ2v) is 9.26. The normalized spacial score (nSPS) is 12.5. The summed E-state index contributed by atoms with van der Waals surface area (Å²) in [5.41, 5.74) is 2.54. The number of benzene rings is 2. The third kappa shape index (κ3) is 4.96. The summed E-state index contributed by atoms with van der Waals surface area (Å²) in [6, 6.07) is 10.2. The number of aryl methyl sites for hydroxylation is 1. The number of hydrogen-bond acceptors (Lipinski definition) is 6. The van der Waals surface area contributed by atoms with Crippen LogP contribution in [0.25, 0.3) is 10.2 Å². The van der Waals surface area contributed by atoms with E-state index in [1.807, 2.05) is 29.7 Å². The number of primary sulfonamides is 1. The number of fused-ring (bicyclic) bond motifs is 1. The fourth-order valence-electron chi connectivity index (χ4n) is 3.09. The second kappa shape index (κ2) is 9.09. The van der Waals surface area contributed by atoms with Crippen molar-refractivity contribution >= 4 is 37.5 Å². The first-order chi connectivity index (χ1) is 14.2. The van der Waals surface area contributed by atoms with Gasteiger partial charge in [0.2, 0.25) is 10.0 Å². The zero-order valence-corrected chi connectivity index (χ0v) is 18.5. The van der Waals surface area contributed by atoms with Crippen LogP contribution in [0, 0.1) is 6.92 Å². The highest BCUT2D eigenvalue weighted by Crippen LogP contribution is 2.22. The lowest BCUT2D eigenvalue weighted by atomic mass is 10.1. The Hall–Kier alpha value is -2.53. The first-order valence-electron chi connectivity index (χ1n) is 9.09. The Balaban J connectivity index is 2.00. The van der Waals surface area contributed by atoms with Crippen molar-refractivity contribution in [2.45, 2.75) is 24.8 Å². The molecular formula is C20H23N3O5S2. The van der Waals surface area contributed by atoms with Crippen LogP contribution in [0.2, 0.25) is 0 Å². The van der Waals surface area contributed by atoms with Crippen LogP contribution in [0.15, 0.2) is 46.3 Å². The molecule has 1 amide bonds. The topological polar surface area (TPSA) is 113 Å². The van der Waals surface area contributed by atoms with Gasteiger partial charge in [-0.1, -0.05) is 23.5 Å². The molecular weight excluding hydrogens is 426 g/mol. The number of sulfonamides is 1. The number of thiazole rings is 1. The molecule has 0 saturated carbocycles. The summed E-state index contributed by atoms with van der Waals surface area (Å²) in [5, 5.41) is 5.24. The first kappa shape index (κ1) is 22.2. The Kier molecular flexibility index (Phi) is 6.71. The van der Waals surface area contributed by atoms with Crippen molar-refractivity contribution in [2.24, 2.45) is 10.1 Å². The number of aromatic nitrogens is 1. The van der Waals surface area contributed by atoms with Crippen LogP contribution in [0.3, 0.4) is 0 Å². The van der Waals surface area contributed by atoms with Gasteiger partial charge >= 0.3 is 0 Å². The highest BCUT2D eigenvalue weighted by molar-refractivity contribution is 7.89. The summed E-state index contributed by atoms with van der Waals surface area (Å²) in [6.45, 7) is 2.80. The van der Waals surface area contributed by atoms with E-state index >= 15 is 0 Å². The molecule has 0 radical (unpaired) electrons. The van der Waals surface area contributed by atoms with Gasteiger partial charge in [0.1, 0.15) is 5.75 Å². The molecule has 0 aliphatic carbocycles. The van der Waals surface area contributed by atoms with Crippen molar-refractivity contribution in [2.75, 3.05) is 20.8 Å². The van der Waals surface area contributed by atoms with E-state index in [4.69, 9.17) is 14.6 Å². The quantitative estimate of drug-likeness (QED) is 0.593. The Bertz CT molecular complexity index is 1260. The van der Waals surface area contributed by atoms with E-state index in [-0.39, 0.29) is 17.2 Å². The molecule has 3 aromatic rings. The Labute approximate surface area is 178 Å². The second-order valence-electron chi connectivity index (χ2n) is 6.69. The summed E-state index contributed by atoms with van der Waals surface area (Å²) >= 11 is 1.23.